The predicted octanol–water partition coefficient (Wildman–Crippen LogP) is 0.615. The molecular weight excluding hydrogens is 184 g/mol. The minimum Gasteiger partial charge on any atom is -0.481 e. The lowest BCUT2D eigenvalue weighted by atomic mass is 10.1. The summed E-state index contributed by atoms with van der Waals surface area (Å²) in [7, 11) is 1.47. The Morgan fingerprint density at radius 3 is 2.93 bits per heavy atom. The largest absolute Gasteiger partial charge is 0.481 e. The molecule has 0 bridgehead atoms. The van der Waals surface area contributed by atoms with Gasteiger partial charge < -0.3 is 10.1 Å². The summed E-state index contributed by atoms with van der Waals surface area (Å²) < 4.78 is 4.88. The van der Waals surface area contributed by atoms with E-state index < -0.39 is 0 Å². The van der Waals surface area contributed by atoms with Crippen LogP contribution in [0.3, 0.4) is 0 Å². The Morgan fingerprint density at radius 2 is 2.21 bits per heavy atom. The van der Waals surface area contributed by atoms with Crippen LogP contribution in [0.15, 0.2) is 12.1 Å². The maximum atomic E-state index is 11.4. The van der Waals surface area contributed by atoms with Crippen LogP contribution in [0.1, 0.15) is 16.9 Å². The molecule has 5 nitrogen and oxygen atoms in total. The average Bonchev–Trinajstić information content (AvgIpc) is 2.17. The van der Waals surface area contributed by atoms with Gasteiger partial charge in [-0.15, -0.1) is 0 Å². The Labute approximate surface area is 80.1 Å². The Kier molecular flexibility index (Phi) is 1.92. The number of pyridine rings is 1. The normalized spacial score (nSPS) is 14.6. The molecule has 0 radical (unpaired) electrons. The summed E-state index contributed by atoms with van der Waals surface area (Å²) in [6.45, 7) is 0. The number of fused-ring (bicyclic) bond motifs is 1. The molecule has 1 aromatic heterocycles. The van der Waals surface area contributed by atoms with Gasteiger partial charge in [0.1, 0.15) is 5.69 Å². The van der Waals surface area contributed by atoms with Crippen molar-refractivity contribution in [2.45, 2.75) is 6.42 Å². The number of aromatic nitrogens is 1. The van der Waals surface area contributed by atoms with Gasteiger partial charge in [-0.3, -0.25) is 9.59 Å². The van der Waals surface area contributed by atoms with Crippen LogP contribution in [0.5, 0.6) is 5.88 Å². The minimum atomic E-state index is -0.297. The van der Waals surface area contributed by atoms with Gasteiger partial charge in [0.2, 0.25) is 11.8 Å². The van der Waals surface area contributed by atoms with Gasteiger partial charge in [-0.2, -0.15) is 0 Å². The van der Waals surface area contributed by atoms with Gasteiger partial charge in [0.15, 0.2) is 5.78 Å². The Bertz CT molecular complexity index is 415. The van der Waals surface area contributed by atoms with Crippen molar-refractivity contribution in [1.82, 2.24) is 4.98 Å². The first-order valence-electron chi connectivity index (χ1n) is 4.09. The van der Waals surface area contributed by atoms with E-state index >= 15 is 0 Å². The van der Waals surface area contributed by atoms with Crippen molar-refractivity contribution < 1.29 is 14.3 Å². The second-order valence-electron chi connectivity index (χ2n) is 2.90. The molecule has 5 heteroatoms. The van der Waals surface area contributed by atoms with Crippen LogP contribution < -0.4 is 10.1 Å². The van der Waals surface area contributed by atoms with Crippen LogP contribution in [0, 0.1) is 0 Å². The summed E-state index contributed by atoms with van der Waals surface area (Å²) in [5.41, 5.74) is 0.719. The molecule has 0 unspecified atom stereocenters. The standard InChI is InChI=1S/C9H8N2O3/c1-14-8-3-2-5-9(11-8)6(12)4-7(13)10-5/h2-3H,4H2,1H3,(H,10,13). The van der Waals surface area contributed by atoms with Crippen LogP contribution in [-0.4, -0.2) is 23.8 Å². The second kappa shape index (κ2) is 3.10. The van der Waals surface area contributed by atoms with Crippen molar-refractivity contribution in [3.05, 3.63) is 17.8 Å². The third-order valence-electron chi connectivity index (χ3n) is 1.94. The number of nitrogens with zero attached hydrogens (tertiary/aromatic N) is 1. The van der Waals surface area contributed by atoms with Gasteiger partial charge in [0, 0.05) is 6.07 Å². The third-order valence-corrected chi connectivity index (χ3v) is 1.94. The Balaban J connectivity index is 2.49. The molecule has 1 aliphatic heterocycles. The van der Waals surface area contributed by atoms with Crippen molar-refractivity contribution in [3.8, 4) is 5.88 Å². The number of rotatable bonds is 1. The van der Waals surface area contributed by atoms with Crippen LogP contribution in [-0.2, 0) is 4.79 Å². The van der Waals surface area contributed by atoms with Gasteiger partial charge in [0.05, 0.1) is 19.2 Å². The van der Waals surface area contributed by atoms with Crippen molar-refractivity contribution in [1.29, 1.82) is 0 Å². The SMILES string of the molecule is COc1ccc2c(n1)C(=O)CC(=O)N2. The fourth-order valence-electron chi connectivity index (χ4n) is 1.29. The molecule has 1 amide bonds. The molecule has 0 fully saturated rings. The molecule has 2 rings (SSSR count). The highest BCUT2D eigenvalue weighted by Crippen LogP contribution is 2.22. The lowest BCUT2D eigenvalue weighted by Crippen LogP contribution is -2.25. The minimum absolute atomic E-state index is 0.146. The first-order chi connectivity index (χ1) is 6.70. The van der Waals surface area contributed by atoms with Crippen molar-refractivity contribution in [3.63, 3.8) is 0 Å². The average molecular weight is 192 g/mol. The zero-order chi connectivity index (χ0) is 10.1. The lowest BCUT2D eigenvalue weighted by molar-refractivity contribution is -0.115. The van der Waals surface area contributed by atoms with E-state index in [-0.39, 0.29) is 23.8 Å². The molecule has 1 N–H and O–H groups in total. The first kappa shape index (κ1) is 8.68. The van der Waals surface area contributed by atoms with Crippen molar-refractivity contribution in [2.75, 3.05) is 12.4 Å². The lowest BCUT2D eigenvalue weighted by Gasteiger charge is -2.14. The number of methoxy groups -OCH3 is 1. The Morgan fingerprint density at radius 1 is 1.43 bits per heavy atom. The molecular formula is C9H8N2O3. The van der Waals surface area contributed by atoms with Gasteiger partial charge in [-0.25, -0.2) is 4.98 Å². The number of hydrogen-bond acceptors (Lipinski definition) is 4. The highest BCUT2D eigenvalue weighted by Gasteiger charge is 2.24. The summed E-state index contributed by atoms with van der Waals surface area (Å²) in [6.07, 6.45) is -0.146. The fourth-order valence-corrected chi connectivity index (χ4v) is 1.29. The monoisotopic (exact) mass is 192 g/mol. The van der Waals surface area contributed by atoms with Crippen LogP contribution >= 0.6 is 0 Å². The van der Waals surface area contributed by atoms with Gasteiger partial charge >= 0.3 is 0 Å². The third kappa shape index (κ3) is 1.32. The van der Waals surface area contributed by atoms with E-state index in [0.717, 1.165) is 0 Å². The van der Waals surface area contributed by atoms with Crippen molar-refractivity contribution in [2.24, 2.45) is 0 Å². The molecule has 2 heterocycles. The molecule has 0 atom stereocenters. The van der Waals surface area contributed by atoms with Crippen LogP contribution in [0.25, 0.3) is 0 Å². The molecule has 0 spiro atoms. The first-order valence-corrected chi connectivity index (χ1v) is 4.09. The zero-order valence-electron chi connectivity index (χ0n) is 7.53. The topological polar surface area (TPSA) is 68.3 Å². The maximum absolute atomic E-state index is 11.4. The summed E-state index contributed by atoms with van der Waals surface area (Å²) >= 11 is 0. The van der Waals surface area contributed by atoms with E-state index in [2.05, 4.69) is 10.3 Å². The highest BCUT2D eigenvalue weighted by molar-refractivity contribution is 6.17. The zero-order valence-corrected chi connectivity index (χ0v) is 7.53. The van der Waals surface area contributed by atoms with Crippen molar-refractivity contribution >= 4 is 17.4 Å². The smallest absolute Gasteiger partial charge is 0.232 e. The fraction of sp³-hybridized carbons (Fsp3) is 0.222. The van der Waals surface area contributed by atoms with Crippen LogP contribution in [0.4, 0.5) is 5.69 Å². The molecule has 0 aliphatic carbocycles. The molecule has 0 saturated heterocycles. The second-order valence-corrected chi connectivity index (χ2v) is 2.90. The van der Waals surface area contributed by atoms with E-state index in [1.165, 1.54) is 7.11 Å². The predicted molar refractivity (Wildman–Crippen MR) is 48.4 cm³/mol. The molecule has 1 aromatic rings. The van der Waals surface area contributed by atoms with E-state index in [9.17, 15) is 9.59 Å². The molecule has 1 aliphatic rings. The molecule has 0 saturated carbocycles. The summed E-state index contributed by atoms with van der Waals surface area (Å²) in [4.78, 5) is 26.3. The number of carbonyl (C=O) groups is 2. The number of ketones is 1. The number of amides is 1. The molecule has 0 aromatic carbocycles. The number of hydrogen-bond donors (Lipinski definition) is 1. The quantitative estimate of drug-likeness (QED) is 0.662. The Hall–Kier alpha value is -1.91. The number of carbonyl (C=O) groups excluding carboxylic acids is 2. The van der Waals surface area contributed by atoms with Crippen LogP contribution in [0.2, 0.25) is 0 Å². The highest BCUT2D eigenvalue weighted by atomic mass is 16.5. The summed E-state index contributed by atoms with van der Waals surface area (Å²) in [5.74, 6) is -0.203. The van der Waals surface area contributed by atoms with E-state index in [1.807, 2.05) is 0 Å². The number of ether oxygens (including phenoxy) is 1. The van der Waals surface area contributed by atoms with E-state index in [1.54, 1.807) is 12.1 Å². The van der Waals surface area contributed by atoms with Gasteiger partial charge in [-0.05, 0) is 6.07 Å². The summed E-state index contributed by atoms with van der Waals surface area (Å²) in [5, 5.41) is 2.56. The molecule has 72 valence electrons. The summed E-state index contributed by atoms with van der Waals surface area (Å²) in [6, 6.07) is 3.20. The van der Waals surface area contributed by atoms with E-state index in [4.69, 9.17) is 4.74 Å². The number of nitrogens with one attached hydrogen (secondary N) is 1. The van der Waals surface area contributed by atoms with Gasteiger partial charge in [0.25, 0.3) is 0 Å². The maximum Gasteiger partial charge on any atom is 0.232 e. The number of Topliss-reactive ketones (excluding diaryl/α,β-unsaturated/α-hetero) is 1. The van der Waals surface area contributed by atoms with Gasteiger partial charge in [-0.1, -0.05) is 0 Å². The number of anilines is 1. The molecule has 14 heavy (non-hydrogen) atoms. The van der Waals surface area contributed by atoms with E-state index in [0.29, 0.717) is 11.6 Å².